The van der Waals surface area contributed by atoms with Gasteiger partial charge >= 0.3 is 5.97 Å². The maximum atomic E-state index is 12.6. The molecule has 0 fully saturated rings. The molecule has 0 heterocycles. The molecule has 2 N–H and O–H groups in total. The summed E-state index contributed by atoms with van der Waals surface area (Å²) in [6.45, 7) is 7.56. The Morgan fingerprint density at radius 2 is 1.74 bits per heavy atom. The summed E-state index contributed by atoms with van der Waals surface area (Å²) in [6, 6.07) is 10.1. The largest absolute Gasteiger partial charge is 0.491 e. The topological polar surface area (TPSA) is 84.9 Å². The zero-order valence-corrected chi connectivity index (χ0v) is 19.5. The lowest BCUT2D eigenvalue weighted by molar-refractivity contribution is -0.153. The molecule has 0 saturated heterocycles. The highest BCUT2D eigenvalue weighted by atomic mass is 35.5. The smallest absolute Gasteiger partial charge is 0.333 e. The van der Waals surface area contributed by atoms with Crippen LogP contribution in [0.15, 0.2) is 36.4 Å². The number of rotatable bonds is 10. The van der Waals surface area contributed by atoms with Crippen LogP contribution in [0.3, 0.4) is 0 Å². The van der Waals surface area contributed by atoms with Gasteiger partial charge in [-0.2, -0.15) is 0 Å². The number of benzene rings is 2. The molecule has 0 saturated carbocycles. The molecule has 0 radical (unpaired) electrons. The van der Waals surface area contributed by atoms with E-state index in [0.29, 0.717) is 16.3 Å². The van der Waals surface area contributed by atoms with E-state index < -0.39 is 12.1 Å². The fourth-order valence-corrected chi connectivity index (χ4v) is 3.44. The van der Waals surface area contributed by atoms with E-state index in [1.807, 2.05) is 19.9 Å². The Labute approximate surface area is 192 Å². The van der Waals surface area contributed by atoms with Crippen LogP contribution in [0.1, 0.15) is 49.2 Å². The van der Waals surface area contributed by atoms with E-state index in [1.165, 1.54) is 6.07 Å². The summed E-state index contributed by atoms with van der Waals surface area (Å²) in [4.78, 5) is 24.1. The van der Waals surface area contributed by atoms with Crippen LogP contribution in [-0.4, -0.2) is 35.3 Å². The lowest BCUT2D eigenvalue weighted by Crippen LogP contribution is -2.29. The summed E-state index contributed by atoms with van der Waals surface area (Å²) in [7, 11) is 0. The fourth-order valence-electron chi connectivity index (χ4n) is 2.95. The van der Waals surface area contributed by atoms with E-state index in [9.17, 15) is 14.7 Å². The van der Waals surface area contributed by atoms with E-state index in [2.05, 4.69) is 5.32 Å². The number of carboxylic acids is 1. The SMILES string of the molecule is CC(C)Oc1ccc(CC(OC(C)C)C(=O)O)cc1CNC(=O)c1ccc(Cl)cc1Cl. The van der Waals surface area contributed by atoms with Crippen molar-refractivity contribution in [3.63, 3.8) is 0 Å². The number of nitrogens with one attached hydrogen (secondary N) is 1. The number of carboxylic acid groups (broad SMARTS) is 1. The highest BCUT2D eigenvalue weighted by Gasteiger charge is 2.21. The van der Waals surface area contributed by atoms with Crippen molar-refractivity contribution in [2.45, 2.75) is 59.0 Å². The van der Waals surface area contributed by atoms with Gasteiger partial charge in [-0.3, -0.25) is 4.79 Å². The molecular weight excluding hydrogens is 441 g/mol. The van der Waals surface area contributed by atoms with E-state index in [-0.39, 0.29) is 36.1 Å². The van der Waals surface area contributed by atoms with Crippen LogP contribution in [-0.2, 0) is 22.5 Å². The summed E-state index contributed by atoms with van der Waals surface area (Å²) in [5.74, 6) is -0.768. The minimum atomic E-state index is -1.02. The molecule has 0 aliphatic carbocycles. The van der Waals surface area contributed by atoms with Crippen LogP contribution in [0.4, 0.5) is 0 Å². The molecular formula is C23H27Cl2NO5. The number of carbonyl (C=O) groups excluding carboxylic acids is 1. The van der Waals surface area contributed by atoms with Crippen LogP contribution in [0.2, 0.25) is 10.0 Å². The Bertz CT molecular complexity index is 930. The Kier molecular flexibility index (Phi) is 9.16. The second-order valence-electron chi connectivity index (χ2n) is 7.63. The number of hydrogen-bond donors (Lipinski definition) is 2. The van der Waals surface area contributed by atoms with Gasteiger partial charge in [0, 0.05) is 23.6 Å². The molecule has 0 bridgehead atoms. The number of aliphatic carboxylic acids is 1. The molecule has 8 heteroatoms. The first-order valence-corrected chi connectivity index (χ1v) is 10.7. The average molecular weight is 468 g/mol. The van der Waals surface area contributed by atoms with Gasteiger partial charge < -0.3 is 19.9 Å². The third kappa shape index (κ3) is 7.73. The fraction of sp³-hybridized carbons (Fsp3) is 0.391. The van der Waals surface area contributed by atoms with E-state index >= 15 is 0 Å². The van der Waals surface area contributed by atoms with Gasteiger partial charge in [0.2, 0.25) is 0 Å². The summed E-state index contributed by atoms with van der Waals surface area (Å²) in [5.41, 5.74) is 1.79. The van der Waals surface area contributed by atoms with Gasteiger partial charge in [0.1, 0.15) is 5.75 Å². The van der Waals surface area contributed by atoms with Gasteiger partial charge in [-0.25, -0.2) is 4.79 Å². The summed E-state index contributed by atoms with van der Waals surface area (Å²) >= 11 is 12.0. The molecule has 2 rings (SSSR count). The predicted molar refractivity (Wildman–Crippen MR) is 121 cm³/mol. The van der Waals surface area contributed by atoms with Gasteiger partial charge in [0.05, 0.1) is 22.8 Å². The number of amides is 1. The second kappa shape index (κ2) is 11.4. The van der Waals surface area contributed by atoms with E-state index in [1.54, 1.807) is 38.1 Å². The van der Waals surface area contributed by atoms with Crippen molar-refractivity contribution in [1.29, 1.82) is 0 Å². The Balaban J connectivity index is 2.23. The molecule has 168 valence electrons. The van der Waals surface area contributed by atoms with Gasteiger partial charge in [-0.1, -0.05) is 35.3 Å². The Morgan fingerprint density at radius 1 is 1.03 bits per heavy atom. The molecule has 31 heavy (non-hydrogen) atoms. The maximum absolute atomic E-state index is 12.6. The second-order valence-corrected chi connectivity index (χ2v) is 8.48. The van der Waals surface area contributed by atoms with Gasteiger partial charge in [-0.05, 0) is 57.5 Å². The molecule has 6 nitrogen and oxygen atoms in total. The molecule has 1 amide bonds. The first-order valence-electron chi connectivity index (χ1n) is 9.96. The molecule has 1 unspecified atom stereocenters. The van der Waals surface area contributed by atoms with Crippen LogP contribution in [0.25, 0.3) is 0 Å². The number of carbonyl (C=O) groups is 2. The zero-order valence-electron chi connectivity index (χ0n) is 17.9. The number of hydrogen-bond acceptors (Lipinski definition) is 4. The van der Waals surface area contributed by atoms with Gasteiger partial charge in [-0.15, -0.1) is 0 Å². The van der Waals surface area contributed by atoms with Crippen molar-refractivity contribution in [2.24, 2.45) is 0 Å². The third-order valence-corrected chi connectivity index (χ3v) is 4.78. The summed E-state index contributed by atoms with van der Waals surface area (Å²) in [5, 5.41) is 13.0. The molecule has 2 aromatic carbocycles. The predicted octanol–water partition coefficient (Wildman–Crippen LogP) is 5.13. The van der Waals surface area contributed by atoms with Crippen molar-refractivity contribution < 1.29 is 24.2 Å². The third-order valence-electron chi connectivity index (χ3n) is 4.24. The first-order chi connectivity index (χ1) is 14.6. The highest BCUT2D eigenvalue weighted by molar-refractivity contribution is 6.36. The highest BCUT2D eigenvalue weighted by Crippen LogP contribution is 2.24. The van der Waals surface area contributed by atoms with E-state index in [4.69, 9.17) is 32.7 Å². The monoisotopic (exact) mass is 467 g/mol. The minimum absolute atomic E-state index is 0.0675. The van der Waals surface area contributed by atoms with Crippen molar-refractivity contribution in [3.8, 4) is 5.75 Å². The molecule has 2 aromatic rings. The average Bonchev–Trinajstić information content (AvgIpc) is 2.66. The van der Waals surface area contributed by atoms with Crippen LogP contribution >= 0.6 is 23.2 Å². The molecule has 1 atom stereocenters. The molecule has 0 aliphatic heterocycles. The zero-order chi connectivity index (χ0) is 23.1. The van der Waals surface area contributed by atoms with Crippen molar-refractivity contribution in [3.05, 3.63) is 63.1 Å². The summed E-state index contributed by atoms with van der Waals surface area (Å²) in [6.07, 6.45) is -1.05. The summed E-state index contributed by atoms with van der Waals surface area (Å²) < 4.78 is 11.4. The molecule has 0 aliphatic rings. The number of halogens is 2. The van der Waals surface area contributed by atoms with Crippen molar-refractivity contribution in [1.82, 2.24) is 5.32 Å². The molecule has 0 spiro atoms. The van der Waals surface area contributed by atoms with Crippen molar-refractivity contribution in [2.75, 3.05) is 0 Å². The quantitative estimate of drug-likeness (QED) is 0.505. The maximum Gasteiger partial charge on any atom is 0.333 e. The van der Waals surface area contributed by atoms with E-state index in [0.717, 1.165) is 11.1 Å². The van der Waals surface area contributed by atoms with Gasteiger partial charge in [0.25, 0.3) is 5.91 Å². The minimum Gasteiger partial charge on any atom is -0.491 e. The lowest BCUT2D eigenvalue weighted by atomic mass is 10.0. The standard InChI is InChI=1S/C23H27Cl2NO5/c1-13(2)30-20-8-5-15(10-21(23(28)29)31-14(3)4)9-16(20)12-26-22(27)18-7-6-17(24)11-19(18)25/h5-9,11,13-14,21H,10,12H2,1-4H3,(H,26,27)(H,28,29). The van der Waals surface area contributed by atoms with Crippen LogP contribution in [0, 0.1) is 0 Å². The van der Waals surface area contributed by atoms with Crippen LogP contribution in [0.5, 0.6) is 5.75 Å². The number of ether oxygens (including phenoxy) is 2. The normalized spacial score (nSPS) is 12.1. The van der Waals surface area contributed by atoms with Crippen molar-refractivity contribution >= 4 is 35.1 Å². The van der Waals surface area contributed by atoms with Gasteiger partial charge in [0.15, 0.2) is 6.10 Å². The first kappa shape index (κ1) is 25.0. The lowest BCUT2D eigenvalue weighted by Gasteiger charge is -2.19. The Morgan fingerprint density at radius 3 is 2.32 bits per heavy atom. The van der Waals surface area contributed by atoms with Crippen LogP contribution < -0.4 is 10.1 Å². The Hall–Kier alpha value is -2.28. The molecule has 0 aromatic heterocycles.